The first-order chi connectivity index (χ1) is 9.86. The Morgan fingerprint density at radius 2 is 1.30 bits per heavy atom. The van der Waals surface area contributed by atoms with Gasteiger partial charge in [-0.25, -0.2) is 0 Å². The number of rotatable bonds is 2. The summed E-state index contributed by atoms with van der Waals surface area (Å²) >= 11 is 0. The Morgan fingerprint density at radius 3 is 1.70 bits per heavy atom. The molecule has 0 saturated heterocycles. The fraction of sp³-hybridized carbons (Fsp3) is 0.111. The molecule has 3 aliphatic rings. The van der Waals surface area contributed by atoms with E-state index in [4.69, 9.17) is 5.41 Å². The maximum absolute atomic E-state index is 7.80. The van der Waals surface area contributed by atoms with E-state index in [9.17, 15) is 0 Å². The van der Waals surface area contributed by atoms with Crippen LogP contribution in [0.2, 0.25) is 0 Å². The van der Waals surface area contributed by atoms with Crippen molar-refractivity contribution in [2.45, 2.75) is 11.8 Å². The number of benzene rings is 2. The molecule has 2 aromatic carbocycles. The summed E-state index contributed by atoms with van der Waals surface area (Å²) in [6.45, 7) is 3.74. The van der Waals surface area contributed by atoms with E-state index in [-0.39, 0.29) is 11.8 Å². The van der Waals surface area contributed by atoms with Crippen molar-refractivity contribution in [3.63, 3.8) is 0 Å². The molecule has 2 bridgehead atoms. The molecule has 96 valence electrons. The molecular formula is C18H14N2. The fourth-order valence-electron chi connectivity index (χ4n) is 3.69. The zero-order valence-electron chi connectivity index (χ0n) is 11.0. The molecule has 2 nitrogen and oxygen atoms in total. The number of nitrogens with one attached hydrogen (secondary N) is 1. The molecule has 0 saturated carbocycles. The summed E-state index contributed by atoms with van der Waals surface area (Å²) in [5.74, 6) is 0.256. The van der Waals surface area contributed by atoms with Crippen LogP contribution in [0.5, 0.6) is 0 Å². The van der Waals surface area contributed by atoms with E-state index in [1.54, 1.807) is 0 Å². The third kappa shape index (κ3) is 1.23. The predicted octanol–water partition coefficient (Wildman–Crippen LogP) is 3.88. The van der Waals surface area contributed by atoms with Gasteiger partial charge in [0.2, 0.25) is 0 Å². The van der Waals surface area contributed by atoms with Crippen LogP contribution in [-0.4, -0.2) is 12.9 Å². The summed E-state index contributed by atoms with van der Waals surface area (Å²) in [4.78, 5) is 4.26. The Morgan fingerprint density at radius 1 is 0.850 bits per heavy atom. The highest BCUT2D eigenvalue weighted by atomic mass is 14.8. The van der Waals surface area contributed by atoms with Gasteiger partial charge in [-0.3, -0.25) is 4.99 Å². The van der Waals surface area contributed by atoms with Crippen molar-refractivity contribution < 1.29 is 0 Å². The molecule has 0 radical (unpaired) electrons. The molecule has 1 N–H and O–H groups in total. The molecule has 0 aromatic heterocycles. The first-order valence-corrected chi connectivity index (χ1v) is 6.75. The normalized spacial score (nSPS) is 22.2. The van der Waals surface area contributed by atoms with Gasteiger partial charge in [0.15, 0.2) is 0 Å². The Hall–Kier alpha value is -2.48. The lowest BCUT2D eigenvalue weighted by Gasteiger charge is -2.41. The number of hydrogen-bond donors (Lipinski definition) is 1. The van der Waals surface area contributed by atoms with Gasteiger partial charge in [-0.05, 0) is 29.0 Å². The lowest BCUT2D eigenvalue weighted by Crippen LogP contribution is -2.28. The van der Waals surface area contributed by atoms with Crippen LogP contribution in [0, 0.1) is 5.41 Å². The molecule has 5 rings (SSSR count). The molecule has 0 fully saturated rings. The smallest absolute Gasteiger partial charge is 0.0572 e. The van der Waals surface area contributed by atoms with Gasteiger partial charge >= 0.3 is 0 Å². The third-order valence-electron chi connectivity index (χ3n) is 4.44. The lowest BCUT2D eigenvalue weighted by molar-refractivity contribution is 0.745. The van der Waals surface area contributed by atoms with Crippen molar-refractivity contribution in [1.82, 2.24) is 0 Å². The molecule has 0 atom stereocenters. The summed E-state index contributed by atoms with van der Waals surface area (Å²) in [6.07, 6.45) is 1.45. The molecule has 0 aliphatic heterocycles. The number of allylic oxidation sites excluding steroid dienone is 2. The predicted molar refractivity (Wildman–Crippen MR) is 81.9 cm³/mol. The Labute approximate surface area is 118 Å². The quantitative estimate of drug-likeness (QED) is 0.794. The van der Waals surface area contributed by atoms with E-state index in [0.717, 1.165) is 11.3 Å². The van der Waals surface area contributed by atoms with Gasteiger partial charge in [-0.15, -0.1) is 0 Å². The second-order valence-electron chi connectivity index (χ2n) is 5.27. The van der Waals surface area contributed by atoms with Crippen LogP contribution < -0.4 is 0 Å². The minimum absolute atomic E-state index is 0.126. The molecule has 0 amide bonds. The molecule has 0 unspecified atom stereocenters. The van der Waals surface area contributed by atoms with Gasteiger partial charge in [-0.2, -0.15) is 0 Å². The summed E-state index contributed by atoms with van der Waals surface area (Å²) in [7, 11) is 0. The average molecular weight is 258 g/mol. The molecule has 20 heavy (non-hydrogen) atoms. The molecule has 0 spiro atoms. The minimum atomic E-state index is 0.126. The van der Waals surface area contributed by atoms with Crippen molar-refractivity contribution in [3.8, 4) is 0 Å². The van der Waals surface area contributed by atoms with Gasteiger partial charge in [0, 0.05) is 17.7 Å². The summed E-state index contributed by atoms with van der Waals surface area (Å²) in [5, 5.41) is 7.80. The van der Waals surface area contributed by atoms with Gasteiger partial charge in [-0.1, -0.05) is 48.5 Å². The van der Waals surface area contributed by atoms with Crippen LogP contribution in [0.3, 0.4) is 0 Å². The second-order valence-corrected chi connectivity index (χ2v) is 5.27. The average Bonchev–Trinajstić information content (AvgIpc) is 2.53. The molecule has 0 heterocycles. The van der Waals surface area contributed by atoms with Gasteiger partial charge in [0.05, 0.1) is 11.6 Å². The number of hydrogen-bond acceptors (Lipinski definition) is 2. The van der Waals surface area contributed by atoms with E-state index >= 15 is 0 Å². The lowest BCUT2D eigenvalue weighted by atomic mass is 9.63. The Bertz CT molecular complexity index is 659. The third-order valence-corrected chi connectivity index (χ3v) is 4.44. The topological polar surface area (TPSA) is 36.2 Å². The first-order valence-electron chi connectivity index (χ1n) is 6.75. The fourth-order valence-corrected chi connectivity index (χ4v) is 3.69. The summed E-state index contributed by atoms with van der Waals surface area (Å²) in [5.41, 5.74) is 7.17. The highest BCUT2D eigenvalue weighted by molar-refractivity contribution is 5.86. The molecule has 3 aliphatic carbocycles. The van der Waals surface area contributed by atoms with Crippen molar-refractivity contribution in [2.75, 3.05) is 0 Å². The van der Waals surface area contributed by atoms with Crippen LogP contribution in [0.15, 0.2) is 64.8 Å². The van der Waals surface area contributed by atoms with Gasteiger partial charge < -0.3 is 5.41 Å². The number of nitrogens with zero attached hydrogens (tertiary/aromatic N) is 1. The first kappa shape index (κ1) is 11.4. The van der Waals surface area contributed by atoms with Crippen LogP contribution in [-0.2, 0) is 0 Å². The van der Waals surface area contributed by atoms with E-state index in [2.05, 4.69) is 60.2 Å². The van der Waals surface area contributed by atoms with Crippen molar-refractivity contribution in [1.29, 1.82) is 5.41 Å². The Balaban J connectivity index is 2.12. The van der Waals surface area contributed by atoms with Crippen LogP contribution in [0.1, 0.15) is 34.1 Å². The van der Waals surface area contributed by atoms with E-state index < -0.39 is 0 Å². The Kier molecular flexibility index (Phi) is 2.27. The van der Waals surface area contributed by atoms with Crippen molar-refractivity contribution in [2.24, 2.45) is 4.99 Å². The maximum atomic E-state index is 7.80. The SMILES string of the molecule is C=NC1=C(C=N)C2c3ccccc3C1c1ccccc12. The zero-order valence-corrected chi connectivity index (χ0v) is 11.0. The standard InChI is InChI=1S/C18H14N2/c1-20-18-15(10-19)16-11-6-2-4-8-13(11)17(18)14-9-5-3-7-12(14)16/h2-10,16-17,19H,1H2. The van der Waals surface area contributed by atoms with Crippen LogP contribution in [0.4, 0.5) is 0 Å². The molecule has 2 aromatic rings. The molecular weight excluding hydrogens is 244 g/mol. The summed E-state index contributed by atoms with van der Waals surface area (Å²) in [6, 6.07) is 17.0. The van der Waals surface area contributed by atoms with Crippen LogP contribution >= 0.6 is 0 Å². The maximum Gasteiger partial charge on any atom is 0.0572 e. The van der Waals surface area contributed by atoms with Crippen molar-refractivity contribution >= 4 is 12.9 Å². The zero-order chi connectivity index (χ0) is 13.7. The summed E-state index contributed by atoms with van der Waals surface area (Å²) < 4.78 is 0. The molecule has 2 heteroatoms. The highest BCUT2D eigenvalue weighted by Crippen LogP contribution is 2.54. The van der Waals surface area contributed by atoms with E-state index in [0.29, 0.717) is 0 Å². The van der Waals surface area contributed by atoms with E-state index in [1.165, 1.54) is 28.5 Å². The largest absolute Gasteiger partial charge is 0.308 e. The minimum Gasteiger partial charge on any atom is -0.308 e. The van der Waals surface area contributed by atoms with Gasteiger partial charge in [0.25, 0.3) is 0 Å². The van der Waals surface area contributed by atoms with Gasteiger partial charge in [0.1, 0.15) is 0 Å². The van der Waals surface area contributed by atoms with E-state index in [1.807, 2.05) is 0 Å². The monoisotopic (exact) mass is 258 g/mol. The van der Waals surface area contributed by atoms with Crippen LogP contribution in [0.25, 0.3) is 0 Å². The second kappa shape index (κ2) is 4.01. The number of aliphatic imine (C=N–C) groups is 1. The highest BCUT2D eigenvalue weighted by Gasteiger charge is 2.41. The van der Waals surface area contributed by atoms with Crippen molar-refractivity contribution in [3.05, 3.63) is 82.1 Å².